The number of hydrogen-bond acceptors (Lipinski definition) is 3. The van der Waals surface area contributed by atoms with Gasteiger partial charge in [-0.2, -0.15) is 0 Å². The fourth-order valence-electron chi connectivity index (χ4n) is 1.78. The van der Waals surface area contributed by atoms with Gasteiger partial charge in [0, 0.05) is 13.2 Å². The summed E-state index contributed by atoms with van der Waals surface area (Å²) in [6, 6.07) is 4.52. The molecular formula is C11H13Cl2NO3S. The third-order valence-electron chi connectivity index (χ3n) is 2.73. The number of sulfonamides is 1. The number of halogens is 2. The number of rotatable bonds is 4. The topological polar surface area (TPSA) is 55.4 Å². The van der Waals surface area contributed by atoms with Crippen molar-refractivity contribution in [3.05, 3.63) is 28.2 Å². The van der Waals surface area contributed by atoms with Gasteiger partial charge in [-0.3, -0.25) is 0 Å². The van der Waals surface area contributed by atoms with Gasteiger partial charge < -0.3 is 4.74 Å². The number of benzene rings is 1. The Morgan fingerprint density at radius 3 is 2.83 bits per heavy atom. The summed E-state index contributed by atoms with van der Waals surface area (Å²) in [7, 11) is -3.65. The van der Waals surface area contributed by atoms with E-state index in [0.717, 1.165) is 12.8 Å². The molecule has 0 radical (unpaired) electrons. The van der Waals surface area contributed by atoms with Crippen LogP contribution in [0.15, 0.2) is 23.1 Å². The number of ether oxygens (including phenoxy) is 1. The molecule has 1 heterocycles. The van der Waals surface area contributed by atoms with E-state index in [1.807, 2.05) is 0 Å². The van der Waals surface area contributed by atoms with Crippen LogP contribution >= 0.6 is 23.2 Å². The SMILES string of the molecule is O=S(=O)(NCC1CCCO1)c1cccc(Cl)c1Cl. The van der Waals surface area contributed by atoms with E-state index >= 15 is 0 Å². The summed E-state index contributed by atoms with van der Waals surface area (Å²) in [6.07, 6.45) is 1.77. The Balaban J connectivity index is 2.12. The molecule has 0 saturated carbocycles. The molecule has 1 saturated heterocycles. The fourth-order valence-corrected chi connectivity index (χ4v) is 3.60. The van der Waals surface area contributed by atoms with E-state index in [1.165, 1.54) is 6.07 Å². The number of nitrogens with one attached hydrogen (secondary N) is 1. The van der Waals surface area contributed by atoms with Crippen LogP contribution < -0.4 is 4.72 Å². The first-order valence-electron chi connectivity index (χ1n) is 5.56. The van der Waals surface area contributed by atoms with Gasteiger partial charge in [-0.15, -0.1) is 0 Å². The molecule has 1 atom stereocenters. The Bertz CT molecular complexity index is 527. The molecule has 100 valence electrons. The van der Waals surface area contributed by atoms with Crippen LogP contribution in [0.3, 0.4) is 0 Å². The quantitative estimate of drug-likeness (QED) is 0.929. The zero-order chi connectivity index (χ0) is 13.2. The summed E-state index contributed by atoms with van der Waals surface area (Å²) >= 11 is 11.7. The molecule has 7 heteroatoms. The molecule has 0 bridgehead atoms. The maximum atomic E-state index is 12.1. The zero-order valence-corrected chi connectivity index (χ0v) is 11.9. The largest absolute Gasteiger partial charge is 0.377 e. The number of hydrogen-bond donors (Lipinski definition) is 1. The van der Waals surface area contributed by atoms with Crippen molar-refractivity contribution < 1.29 is 13.2 Å². The molecule has 2 rings (SSSR count). The summed E-state index contributed by atoms with van der Waals surface area (Å²) in [5, 5.41) is 0.260. The summed E-state index contributed by atoms with van der Waals surface area (Å²) in [4.78, 5) is -0.00494. The summed E-state index contributed by atoms with van der Waals surface area (Å²) < 4.78 is 31.9. The van der Waals surface area contributed by atoms with Gasteiger partial charge in [-0.1, -0.05) is 29.3 Å². The van der Waals surface area contributed by atoms with Gasteiger partial charge >= 0.3 is 0 Å². The van der Waals surface area contributed by atoms with Crippen LogP contribution in [0.1, 0.15) is 12.8 Å². The third kappa shape index (κ3) is 3.16. The zero-order valence-electron chi connectivity index (χ0n) is 9.53. The van der Waals surface area contributed by atoms with E-state index in [9.17, 15) is 8.42 Å². The lowest BCUT2D eigenvalue weighted by atomic mass is 10.2. The van der Waals surface area contributed by atoms with Crippen LogP contribution in [0.25, 0.3) is 0 Å². The van der Waals surface area contributed by atoms with E-state index in [2.05, 4.69) is 4.72 Å². The van der Waals surface area contributed by atoms with Crippen molar-refractivity contribution in [2.24, 2.45) is 0 Å². The van der Waals surface area contributed by atoms with Crippen molar-refractivity contribution in [3.63, 3.8) is 0 Å². The maximum Gasteiger partial charge on any atom is 0.242 e. The molecule has 1 fully saturated rings. The summed E-state index contributed by atoms with van der Waals surface area (Å²) in [5.74, 6) is 0. The predicted molar refractivity (Wildman–Crippen MR) is 70.6 cm³/mol. The van der Waals surface area contributed by atoms with Crippen LogP contribution in [0.4, 0.5) is 0 Å². The van der Waals surface area contributed by atoms with E-state index < -0.39 is 10.0 Å². The standard InChI is InChI=1S/C11H13Cl2NO3S/c12-9-4-1-5-10(11(9)13)18(15,16)14-7-8-3-2-6-17-8/h1,4-5,8,14H,2-3,6-7H2. The summed E-state index contributed by atoms with van der Waals surface area (Å²) in [5.41, 5.74) is 0. The van der Waals surface area contributed by atoms with Crippen molar-refractivity contribution in [1.29, 1.82) is 0 Å². The lowest BCUT2D eigenvalue weighted by Gasteiger charge is -2.12. The van der Waals surface area contributed by atoms with Crippen LogP contribution in [0, 0.1) is 0 Å². The Morgan fingerprint density at radius 2 is 2.17 bits per heavy atom. The minimum Gasteiger partial charge on any atom is -0.377 e. The van der Waals surface area contributed by atoms with Crippen molar-refractivity contribution in [2.75, 3.05) is 13.2 Å². The van der Waals surface area contributed by atoms with Crippen molar-refractivity contribution in [1.82, 2.24) is 4.72 Å². The highest BCUT2D eigenvalue weighted by Crippen LogP contribution is 2.28. The van der Waals surface area contributed by atoms with E-state index in [1.54, 1.807) is 12.1 Å². The van der Waals surface area contributed by atoms with Crippen LogP contribution in [0.2, 0.25) is 10.0 Å². The van der Waals surface area contributed by atoms with E-state index in [4.69, 9.17) is 27.9 Å². The minimum atomic E-state index is -3.65. The van der Waals surface area contributed by atoms with Crippen molar-refractivity contribution in [2.45, 2.75) is 23.8 Å². The lowest BCUT2D eigenvalue weighted by Crippen LogP contribution is -2.32. The van der Waals surface area contributed by atoms with Gasteiger partial charge in [0.2, 0.25) is 10.0 Å². The Labute approximate surface area is 116 Å². The molecule has 0 spiro atoms. The van der Waals surface area contributed by atoms with Crippen molar-refractivity contribution in [3.8, 4) is 0 Å². The van der Waals surface area contributed by atoms with E-state index in [-0.39, 0.29) is 27.6 Å². The maximum absolute atomic E-state index is 12.1. The average Bonchev–Trinajstić information content (AvgIpc) is 2.83. The molecule has 1 unspecified atom stereocenters. The molecule has 0 amide bonds. The normalized spacial score (nSPS) is 20.2. The Morgan fingerprint density at radius 1 is 1.39 bits per heavy atom. The first-order valence-corrected chi connectivity index (χ1v) is 7.80. The van der Waals surface area contributed by atoms with E-state index in [0.29, 0.717) is 6.61 Å². The molecule has 1 aromatic rings. The lowest BCUT2D eigenvalue weighted by molar-refractivity contribution is 0.114. The summed E-state index contributed by atoms with van der Waals surface area (Å²) in [6.45, 7) is 0.940. The highest BCUT2D eigenvalue weighted by molar-refractivity contribution is 7.89. The van der Waals surface area contributed by atoms with Crippen LogP contribution in [0.5, 0.6) is 0 Å². The van der Waals surface area contributed by atoms with Crippen molar-refractivity contribution >= 4 is 33.2 Å². The highest BCUT2D eigenvalue weighted by Gasteiger charge is 2.22. The van der Waals surface area contributed by atoms with Gasteiger partial charge in [-0.25, -0.2) is 13.1 Å². The van der Waals surface area contributed by atoms with Crippen LogP contribution in [-0.4, -0.2) is 27.7 Å². The molecule has 0 aliphatic carbocycles. The Kier molecular flexibility index (Phi) is 4.50. The second kappa shape index (κ2) is 5.75. The molecule has 1 N–H and O–H groups in total. The molecule has 4 nitrogen and oxygen atoms in total. The molecule has 1 aromatic carbocycles. The third-order valence-corrected chi connectivity index (χ3v) is 5.13. The van der Waals surface area contributed by atoms with Gasteiger partial charge in [-0.05, 0) is 25.0 Å². The molecule has 0 aromatic heterocycles. The van der Waals surface area contributed by atoms with Gasteiger partial charge in [0.25, 0.3) is 0 Å². The predicted octanol–water partition coefficient (Wildman–Crippen LogP) is 2.45. The molecular weight excluding hydrogens is 297 g/mol. The smallest absolute Gasteiger partial charge is 0.242 e. The minimum absolute atomic E-state index is 0.00494. The average molecular weight is 310 g/mol. The highest BCUT2D eigenvalue weighted by atomic mass is 35.5. The van der Waals surface area contributed by atoms with Gasteiger partial charge in [0.05, 0.1) is 16.1 Å². The molecule has 18 heavy (non-hydrogen) atoms. The van der Waals surface area contributed by atoms with Crippen LogP contribution in [-0.2, 0) is 14.8 Å². The van der Waals surface area contributed by atoms with Gasteiger partial charge in [0.15, 0.2) is 0 Å². The second-order valence-electron chi connectivity index (χ2n) is 4.04. The first kappa shape index (κ1) is 14.1. The van der Waals surface area contributed by atoms with Gasteiger partial charge in [0.1, 0.15) is 4.90 Å². The second-order valence-corrected chi connectivity index (χ2v) is 6.56. The fraction of sp³-hybridized carbons (Fsp3) is 0.455. The molecule has 1 aliphatic heterocycles. The Hall–Kier alpha value is -0.330. The first-order chi connectivity index (χ1) is 8.50. The monoisotopic (exact) mass is 309 g/mol. The molecule has 1 aliphatic rings.